The summed E-state index contributed by atoms with van der Waals surface area (Å²) in [4.78, 5) is 16.2. The van der Waals surface area contributed by atoms with E-state index < -0.39 is 56.4 Å². The molecule has 24 heavy (non-hydrogen) atoms. The van der Waals surface area contributed by atoms with Crippen molar-refractivity contribution in [3.8, 4) is 0 Å². The van der Waals surface area contributed by atoms with Crippen molar-refractivity contribution < 1.29 is 30.4 Å². The van der Waals surface area contributed by atoms with Gasteiger partial charge in [-0.15, -0.1) is 0 Å². The van der Waals surface area contributed by atoms with Crippen LogP contribution in [-0.4, -0.2) is 30.1 Å². The molecule has 1 atom stereocenters. The predicted molar refractivity (Wildman–Crippen MR) is 74.3 cm³/mol. The molecule has 1 fully saturated rings. The number of alkyl halides is 5. The topological polar surface area (TPSA) is 79.9 Å². The van der Waals surface area contributed by atoms with Crippen molar-refractivity contribution in [2.24, 2.45) is 5.92 Å². The van der Waals surface area contributed by atoms with Crippen LogP contribution in [0.3, 0.4) is 0 Å². The second-order valence-corrected chi connectivity index (χ2v) is 7.99. The maximum Gasteiger partial charge on any atom is 0.433 e. The highest BCUT2D eigenvalue weighted by atomic mass is 32.2. The maximum absolute atomic E-state index is 13.5. The zero-order valence-corrected chi connectivity index (χ0v) is 13.2. The molecule has 0 saturated heterocycles. The Morgan fingerprint density at radius 2 is 2.00 bits per heavy atom. The molecule has 1 N–H and O–H groups in total. The molecule has 5 nitrogen and oxygen atoms in total. The van der Waals surface area contributed by atoms with Crippen LogP contribution in [0.5, 0.6) is 0 Å². The smallest absolute Gasteiger partial charge is 0.310 e. The van der Waals surface area contributed by atoms with Crippen LogP contribution in [0.1, 0.15) is 37.2 Å². The van der Waals surface area contributed by atoms with Crippen LogP contribution in [0.4, 0.5) is 22.0 Å². The number of nitrogens with zero attached hydrogens (tertiary/aromatic N) is 1. The van der Waals surface area contributed by atoms with Gasteiger partial charge in [0.1, 0.15) is 11.6 Å². The quantitative estimate of drug-likeness (QED) is 0.804. The lowest BCUT2D eigenvalue weighted by atomic mass is 10.0. The molecule has 11 heteroatoms. The summed E-state index contributed by atoms with van der Waals surface area (Å²) in [6.45, 7) is 0. The minimum absolute atomic E-state index is 0.209. The number of hydrogen-bond donors (Lipinski definition) is 1. The lowest BCUT2D eigenvalue weighted by molar-refractivity contribution is -0.141. The van der Waals surface area contributed by atoms with E-state index in [1.54, 1.807) is 0 Å². The van der Waals surface area contributed by atoms with E-state index in [0.29, 0.717) is 6.42 Å². The van der Waals surface area contributed by atoms with Gasteiger partial charge in [-0.2, -0.15) is 13.2 Å². The molecule has 1 aromatic rings. The van der Waals surface area contributed by atoms with Gasteiger partial charge in [0.05, 0.1) is 5.75 Å². The van der Waals surface area contributed by atoms with Crippen LogP contribution in [0.2, 0.25) is 0 Å². The number of H-pyrrole nitrogens is 1. The Morgan fingerprint density at radius 1 is 1.33 bits per heavy atom. The molecule has 1 unspecified atom stereocenters. The van der Waals surface area contributed by atoms with E-state index in [2.05, 4.69) is 4.98 Å². The van der Waals surface area contributed by atoms with E-state index in [1.165, 1.54) is 0 Å². The normalized spacial score (nSPS) is 21.1. The maximum atomic E-state index is 13.5. The largest absolute Gasteiger partial charge is 0.433 e. The van der Waals surface area contributed by atoms with Crippen LogP contribution in [0.25, 0.3) is 0 Å². The fourth-order valence-corrected chi connectivity index (χ4v) is 4.02. The number of aromatic amines is 1. The Morgan fingerprint density at radius 3 is 2.54 bits per heavy atom. The van der Waals surface area contributed by atoms with Gasteiger partial charge in [0.15, 0.2) is 15.5 Å². The number of aromatic nitrogens is 2. The minimum atomic E-state index is -4.89. The number of sulfone groups is 1. The molecule has 1 saturated carbocycles. The monoisotopic (exact) mass is 374 g/mol. The summed E-state index contributed by atoms with van der Waals surface area (Å²) in [6, 6.07) is 0.217. The van der Waals surface area contributed by atoms with Crippen molar-refractivity contribution in [3.05, 3.63) is 27.9 Å². The van der Waals surface area contributed by atoms with Gasteiger partial charge in [-0.1, -0.05) is 0 Å². The molecule has 0 aromatic carbocycles. The van der Waals surface area contributed by atoms with E-state index in [1.807, 2.05) is 4.98 Å². The first-order valence-corrected chi connectivity index (χ1v) is 8.97. The number of nitrogens with one attached hydrogen (secondary N) is 1. The summed E-state index contributed by atoms with van der Waals surface area (Å²) < 4.78 is 88.6. The van der Waals surface area contributed by atoms with Crippen molar-refractivity contribution in [2.45, 2.75) is 43.5 Å². The van der Waals surface area contributed by atoms with Gasteiger partial charge in [0.2, 0.25) is 0 Å². The molecule has 136 valence electrons. The van der Waals surface area contributed by atoms with Crippen LogP contribution in [0.15, 0.2) is 10.9 Å². The van der Waals surface area contributed by atoms with Crippen LogP contribution in [0, 0.1) is 5.92 Å². The van der Waals surface area contributed by atoms with E-state index in [-0.39, 0.29) is 25.3 Å². The Balaban J connectivity index is 2.09. The second kappa shape index (κ2) is 6.41. The van der Waals surface area contributed by atoms with Gasteiger partial charge in [-0.3, -0.25) is 4.79 Å². The van der Waals surface area contributed by atoms with Gasteiger partial charge in [0.25, 0.3) is 11.5 Å². The van der Waals surface area contributed by atoms with Crippen molar-refractivity contribution in [1.82, 2.24) is 9.97 Å². The zero-order valence-electron chi connectivity index (χ0n) is 12.4. The van der Waals surface area contributed by atoms with Crippen LogP contribution < -0.4 is 5.56 Å². The van der Waals surface area contributed by atoms with Gasteiger partial charge < -0.3 is 4.98 Å². The predicted octanol–water partition coefficient (Wildman–Crippen LogP) is 2.53. The summed E-state index contributed by atoms with van der Waals surface area (Å²) >= 11 is 0. The second-order valence-electron chi connectivity index (χ2n) is 5.81. The summed E-state index contributed by atoms with van der Waals surface area (Å²) in [6.07, 6.45) is -4.95. The summed E-state index contributed by atoms with van der Waals surface area (Å²) in [5, 5.41) is 0. The molecule has 0 amide bonds. The number of halogens is 5. The van der Waals surface area contributed by atoms with Gasteiger partial charge >= 0.3 is 6.18 Å². The highest BCUT2D eigenvalue weighted by Gasteiger charge is 2.43. The van der Waals surface area contributed by atoms with Gasteiger partial charge in [-0.05, 0) is 19.3 Å². The summed E-state index contributed by atoms with van der Waals surface area (Å²) in [5.74, 6) is -6.18. The van der Waals surface area contributed by atoms with E-state index >= 15 is 0 Å². The van der Waals surface area contributed by atoms with Gasteiger partial charge in [-0.25, -0.2) is 22.2 Å². The molecule has 2 rings (SSSR count). The highest BCUT2D eigenvalue weighted by molar-refractivity contribution is 7.90. The fourth-order valence-electron chi connectivity index (χ4n) is 2.68. The van der Waals surface area contributed by atoms with E-state index in [0.717, 1.165) is 0 Å². The van der Waals surface area contributed by atoms with Gasteiger partial charge in [0, 0.05) is 18.4 Å². The summed E-state index contributed by atoms with van der Waals surface area (Å²) in [5.41, 5.74) is -2.64. The van der Waals surface area contributed by atoms with E-state index in [4.69, 9.17) is 0 Å². The first-order chi connectivity index (χ1) is 10.9. The lowest BCUT2D eigenvalue weighted by Crippen LogP contribution is -2.25. The third-order valence-electron chi connectivity index (χ3n) is 3.88. The molecule has 1 aliphatic rings. The molecule has 0 aliphatic heterocycles. The van der Waals surface area contributed by atoms with Crippen molar-refractivity contribution in [2.75, 3.05) is 5.75 Å². The Hall–Kier alpha value is -1.52. The molecule has 1 heterocycles. The molecule has 0 spiro atoms. The van der Waals surface area contributed by atoms with E-state index in [9.17, 15) is 35.2 Å². The van der Waals surface area contributed by atoms with Crippen molar-refractivity contribution in [1.29, 1.82) is 0 Å². The summed E-state index contributed by atoms with van der Waals surface area (Å²) in [7, 11) is -3.98. The molecule has 1 aromatic heterocycles. The number of rotatable bonds is 5. The van der Waals surface area contributed by atoms with Crippen LogP contribution in [-0.2, 0) is 21.8 Å². The Bertz CT molecular complexity index is 758. The third kappa shape index (κ3) is 4.74. The zero-order chi connectivity index (χ0) is 18.2. The molecule has 1 aliphatic carbocycles. The minimum Gasteiger partial charge on any atom is -0.310 e. The average molecular weight is 374 g/mol. The fraction of sp³-hybridized carbons (Fsp3) is 0.692. The first-order valence-electron chi connectivity index (χ1n) is 7.15. The van der Waals surface area contributed by atoms with Crippen molar-refractivity contribution in [3.63, 3.8) is 0 Å². The molecule has 0 bridgehead atoms. The third-order valence-corrected chi connectivity index (χ3v) is 5.45. The lowest BCUT2D eigenvalue weighted by Gasteiger charge is -2.18. The Kier molecular flexibility index (Phi) is 5.03. The highest BCUT2D eigenvalue weighted by Crippen LogP contribution is 2.42. The SMILES string of the molecule is O=c1cc(C(F)(F)F)nc(CS(=O)(=O)CCC2CCCC2(F)F)[nH]1. The number of hydrogen-bond acceptors (Lipinski definition) is 4. The molecule has 0 radical (unpaired) electrons. The standard InChI is InChI=1S/C13H15F5N2O3S/c14-12(15)4-1-2-8(12)3-5-24(22,23)7-10-19-9(13(16,17)18)6-11(21)20-10/h6,8H,1-5,7H2,(H,19,20,21). The molecular weight excluding hydrogens is 359 g/mol. The molecular formula is C13H15F5N2O3S. The first kappa shape index (κ1) is 18.8. The van der Waals surface area contributed by atoms with Crippen molar-refractivity contribution >= 4 is 9.84 Å². The van der Waals surface area contributed by atoms with Crippen LogP contribution >= 0.6 is 0 Å². The Labute approximate surface area is 134 Å². The average Bonchev–Trinajstić information content (AvgIpc) is 2.73.